The van der Waals surface area contributed by atoms with Gasteiger partial charge in [0.2, 0.25) is 0 Å². The summed E-state index contributed by atoms with van der Waals surface area (Å²) in [4.78, 5) is 28.5. The summed E-state index contributed by atoms with van der Waals surface area (Å²) in [5, 5.41) is 18.6. The minimum absolute atomic E-state index is 0.0105. The molecular formula is C39H48N2O5. The predicted molar refractivity (Wildman–Crippen MR) is 182 cm³/mol. The number of benzene rings is 4. The van der Waals surface area contributed by atoms with Gasteiger partial charge in [0.25, 0.3) is 0 Å². The van der Waals surface area contributed by atoms with E-state index in [-0.39, 0.29) is 31.5 Å². The lowest BCUT2D eigenvalue weighted by atomic mass is 10.0. The molecule has 244 valence electrons. The average Bonchev–Trinajstić information content (AvgIpc) is 3.08. The summed E-state index contributed by atoms with van der Waals surface area (Å²) >= 11 is 0. The van der Waals surface area contributed by atoms with Crippen molar-refractivity contribution in [3.8, 4) is 0 Å². The molecule has 0 radical (unpaired) electrons. The van der Waals surface area contributed by atoms with Crippen LogP contribution < -0.4 is 0 Å². The van der Waals surface area contributed by atoms with E-state index < -0.39 is 11.9 Å². The molecule has 0 amide bonds. The molecule has 0 heterocycles. The summed E-state index contributed by atoms with van der Waals surface area (Å²) in [5.41, 5.74) is 4.76. The molecule has 1 unspecified atom stereocenters. The Bertz CT molecular complexity index is 1300. The summed E-state index contributed by atoms with van der Waals surface area (Å²) < 4.78 is 5.08. The Morgan fingerprint density at radius 1 is 0.587 bits per heavy atom. The summed E-state index contributed by atoms with van der Waals surface area (Å²) in [6.07, 6.45) is 0. The number of aliphatic hydroxyl groups is 2. The van der Waals surface area contributed by atoms with Crippen molar-refractivity contribution in [1.82, 2.24) is 9.80 Å². The Balaban J connectivity index is 0.000000254. The van der Waals surface area contributed by atoms with Gasteiger partial charge in [0, 0.05) is 58.4 Å². The first kappa shape index (κ1) is 36.3. The van der Waals surface area contributed by atoms with Crippen LogP contribution in [0.2, 0.25) is 0 Å². The molecule has 1 atom stereocenters. The fourth-order valence-electron chi connectivity index (χ4n) is 5.14. The van der Waals surface area contributed by atoms with E-state index >= 15 is 0 Å². The maximum Gasteiger partial charge on any atom is 0.317 e. The average molecular weight is 625 g/mol. The number of carbonyl (C=O) groups excluding carboxylic acids is 2. The van der Waals surface area contributed by atoms with Crippen molar-refractivity contribution in [1.29, 1.82) is 0 Å². The van der Waals surface area contributed by atoms with Crippen molar-refractivity contribution in [3.63, 3.8) is 0 Å². The van der Waals surface area contributed by atoms with Crippen LogP contribution in [0, 0.1) is 11.8 Å². The number of nitrogens with zero attached hydrogens (tertiary/aromatic N) is 2. The number of hydrogen-bond donors (Lipinski definition) is 2. The number of ether oxygens (including phenoxy) is 1. The molecule has 46 heavy (non-hydrogen) atoms. The molecule has 0 aromatic heterocycles. The monoisotopic (exact) mass is 624 g/mol. The first-order valence-electron chi connectivity index (χ1n) is 15.9. The second kappa shape index (κ2) is 20.8. The fraction of sp³-hybridized carbons (Fsp3) is 0.333. The number of carbonyl (C=O) groups is 2. The molecule has 0 aliphatic rings. The molecule has 0 spiro atoms. The second-order valence-electron chi connectivity index (χ2n) is 11.4. The van der Waals surface area contributed by atoms with Crippen molar-refractivity contribution in [2.24, 2.45) is 11.8 Å². The molecular weight excluding hydrogens is 576 g/mol. The zero-order valence-corrected chi connectivity index (χ0v) is 27.1. The van der Waals surface area contributed by atoms with Crippen LogP contribution in [0.1, 0.15) is 36.1 Å². The highest BCUT2D eigenvalue weighted by Gasteiger charge is 2.27. The van der Waals surface area contributed by atoms with Crippen LogP contribution in [0.5, 0.6) is 0 Å². The van der Waals surface area contributed by atoms with Crippen LogP contribution in [-0.2, 0) is 40.5 Å². The van der Waals surface area contributed by atoms with Crippen molar-refractivity contribution in [3.05, 3.63) is 144 Å². The van der Waals surface area contributed by atoms with E-state index in [1.165, 1.54) is 18.1 Å². The Kier molecular flexibility index (Phi) is 16.4. The molecule has 7 heteroatoms. The zero-order chi connectivity index (χ0) is 33.0. The smallest absolute Gasteiger partial charge is 0.317 e. The Labute approximate surface area is 274 Å². The van der Waals surface area contributed by atoms with Crippen LogP contribution in [0.4, 0.5) is 0 Å². The van der Waals surface area contributed by atoms with Gasteiger partial charge in [-0.15, -0.1) is 0 Å². The SMILES string of the molecule is CCOC(=O)C(CN(Cc1ccccc1)Cc1ccccc1)C(C)=O.OCC(CO)CN(Cc1ccccc1)Cc1ccccc1. The number of ketones is 1. The van der Waals surface area contributed by atoms with Gasteiger partial charge in [-0.3, -0.25) is 19.4 Å². The van der Waals surface area contributed by atoms with E-state index in [4.69, 9.17) is 4.74 Å². The van der Waals surface area contributed by atoms with Crippen LogP contribution in [0.3, 0.4) is 0 Å². The van der Waals surface area contributed by atoms with E-state index in [2.05, 4.69) is 34.1 Å². The maximum absolute atomic E-state index is 12.2. The number of hydrogen-bond acceptors (Lipinski definition) is 7. The quantitative estimate of drug-likeness (QED) is 0.114. The molecule has 0 aliphatic carbocycles. The fourth-order valence-corrected chi connectivity index (χ4v) is 5.14. The third-order valence-electron chi connectivity index (χ3n) is 7.53. The van der Waals surface area contributed by atoms with Gasteiger partial charge in [-0.1, -0.05) is 121 Å². The van der Waals surface area contributed by atoms with Gasteiger partial charge in [0.15, 0.2) is 0 Å². The van der Waals surface area contributed by atoms with E-state index in [1.807, 2.05) is 97.1 Å². The van der Waals surface area contributed by atoms with E-state index in [0.717, 1.165) is 24.2 Å². The Hall–Kier alpha value is -4.14. The lowest BCUT2D eigenvalue weighted by molar-refractivity contribution is -0.152. The van der Waals surface area contributed by atoms with Gasteiger partial charge in [0.1, 0.15) is 11.7 Å². The third kappa shape index (κ3) is 13.5. The van der Waals surface area contributed by atoms with Crippen molar-refractivity contribution >= 4 is 11.8 Å². The summed E-state index contributed by atoms with van der Waals surface area (Å²) in [6, 6.07) is 40.7. The highest BCUT2D eigenvalue weighted by molar-refractivity contribution is 5.98. The third-order valence-corrected chi connectivity index (χ3v) is 7.53. The lowest BCUT2D eigenvalue weighted by Crippen LogP contribution is -2.37. The van der Waals surface area contributed by atoms with E-state index in [9.17, 15) is 19.8 Å². The highest BCUT2D eigenvalue weighted by atomic mass is 16.5. The van der Waals surface area contributed by atoms with Crippen molar-refractivity contribution in [2.75, 3.05) is 32.9 Å². The number of Topliss-reactive ketones (excluding diaryl/α,β-unsaturated/α-hetero) is 1. The van der Waals surface area contributed by atoms with Crippen LogP contribution >= 0.6 is 0 Å². The molecule has 0 saturated carbocycles. The first-order valence-corrected chi connectivity index (χ1v) is 15.9. The number of rotatable bonds is 17. The molecule has 0 bridgehead atoms. The summed E-state index contributed by atoms with van der Waals surface area (Å²) in [7, 11) is 0. The van der Waals surface area contributed by atoms with E-state index in [0.29, 0.717) is 26.2 Å². The minimum Gasteiger partial charge on any atom is -0.465 e. The summed E-state index contributed by atoms with van der Waals surface area (Å²) in [5.74, 6) is -1.46. The maximum atomic E-state index is 12.2. The topological polar surface area (TPSA) is 90.3 Å². The van der Waals surface area contributed by atoms with Crippen LogP contribution in [-0.4, -0.2) is 64.7 Å². The predicted octanol–water partition coefficient (Wildman–Crippen LogP) is 5.75. The first-order chi connectivity index (χ1) is 22.4. The van der Waals surface area contributed by atoms with Gasteiger partial charge in [-0.2, -0.15) is 0 Å². The molecule has 0 fully saturated rings. The second-order valence-corrected chi connectivity index (χ2v) is 11.4. The molecule has 4 aromatic carbocycles. The van der Waals surface area contributed by atoms with Gasteiger partial charge < -0.3 is 14.9 Å². The van der Waals surface area contributed by atoms with Crippen LogP contribution in [0.25, 0.3) is 0 Å². The molecule has 0 saturated heterocycles. The number of esters is 1. The van der Waals surface area contributed by atoms with Gasteiger partial charge in [0.05, 0.1) is 6.61 Å². The van der Waals surface area contributed by atoms with Crippen molar-refractivity contribution in [2.45, 2.75) is 40.0 Å². The van der Waals surface area contributed by atoms with Gasteiger partial charge in [-0.05, 0) is 36.1 Å². The Morgan fingerprint density at radius 3 is 1.20 bits per heavy atom. The molecule has 0 aliphatic heterocycles. The van der Waals surface area contributed by atoms with Gasteiger partial charge in [-0.25, -0.2) is 0 Å². The minimum atomic E-state index is -0.757. The van der Waals surface area contributed by atoms with Crippen LogP contribution in [0.15, 0.2) is 121 Å². The molecule has 7 nitrogen and oxygen atoms in total. The van der Waals surface area contributed by atoms with E-state index in [1.54, 1.807) is 6.92 Å². The standard InChI is InChI=1S/C21H25NO3.C18H23NO2/c1-3-25-21(24)20(17(2)23)16-22(14-18-10-6-4-7-11-18)15-19-12-8-5-9-13-19;20-14-18(15-21)13-19(11-16-7-3-1-4-8-16)12-17-9-5-2-6-10-17/h4-13,20H,3,14-16H2,1-2H3;1-10,18,20-21H,11-15H2. The summed E-state index contributed by atoms with van der Waals surface area (Å²) in [6.45, 7) is 7.48. The normalized spacial score (nSPS) is 11.6. The highest BCUT2D eigenvalue weighted by Crippen LogP contribution is 2.15. The molecule has 4 rings (SSSR count). The molecule has 4 aromatic rings. The number of aliphatic hydroxyl groups excluding tert-OH is 2. The van der Waals surface area contributed by atoms with Crippen molar-refractivity contribution < 1.29 is 24.5 Å². The Morgan fingerprint density at radius 2 is 0.913 bits per heavy atom. The largest absolute Gasteiger partial charge is 0.465 e. The van der Waals surface area contributed by atoms with Gasteiger partial charge >= 0.3 is 5.97 Å². The zero-order valence-electron chi connectivity index (χ0n) is 27.1. The molecule has 2 N–H and O–H groups in total. The lowest BCUT2D eigenvalue weighted by Gasteiger charge is -2.26.